The molecule has 1 aromatic heterocycles. The largest absolute Gasteiger partial charge is 0.341 e. The molecule has 0 aliphatic carbocycles. The van der Waals surface area contributed by atoms with Gasteiger partial charge in [-0.3, -0.25) is 4.79 Å². The minimum absolute atomic E-state index is 0.0265. The van der Waals surface area contributed by atoms with E-state index in [2.05, 4.69) is 10.1 Å². The van der Waals surface area contributed by atoms with E-state index in [-0.39, 0.29) is 30.0 Å². The highest BCUT2D eigenvalue weighted by Gasteiger charge is 2.59. The average molecular weight is 356 g/mol. The van der Waals surface area contributed by atoms with E-state index in [9.17, 15) is 13.2 Å². The second kappa shape index (κ2) is 5.80. The minimum Gasteiger partial charge on any atom is -0.341 e. The molecule has 3 heterocycles. The Morgan fingerprint density at radius 2 is 2.08 bits per heavy atom. The molecular formula is C15H24N4O4S. The summed E-state index contributed by atoms with van der Waals surface area (Å²) in [5.41, 5.74) is -0.603. The quantitative estimate of drug-likeness (QED) is 0.774. The van der Waals surface area contributed by atoms with E-state index in [1.54, 1.807) is 13.8 Å². The van der Waals surface area contributed by atoms with E-state index in [0.29, 0.717) is 31.3 Å². The van der Waals surface area contributed by atoms with Crippen molar-refractivity contribution in [2.75, 3.05) is 31.9 Å². The van der Waals surface area contributed by atoms with Crippen molar-refractivity contribution in [1.29, 1.82) is 0 Å². The van der Waals surface area contributed by atoms with Crippen LogP contribution in [-0.2, 0) is 20.2 Å². The Morgan fingerprint density at radius 1 is 1.38 bits per heavy atom. The standard InChI is InChI=1S/C15H24N4O4S/c1-5-24(21,22)19-7-12-6-18(13(20)10(2)3)8-15(12,9-19)14-16-11(4)17-23-14/h10,12H,5-9H2,1-4H3. The molecule has 1 amide bonds. The summed E-state index contributed by atoms with van der Waals surface area (Å²) in [7, 11) is -3.29. The van der Waals surface area contributed by atoms with Gasteiger partial charge in [0.25, 0.3) is 0 Å². The smallest absolute Gasteiger partial charge is 0.236 e. The number of aromatic nitrogens is 2. The molecule has 9 heteroatoms. The number of rotatable bonds is 4. The Balaban J connectivity index is 1.96. The number of likely N-dealkylation sites (tertiary alicyclic amines) is 1. The first-order chi connectivity index (χ1) is 11.2. The zero-order chi connectivity index (χ0) is 17.7. The van der Waals surface area contributed by atoms with Gasteiger partial charge in [0.15, 0.2) is 5.82 Å². The van der Waals surface area contributed by atoms with Gasteiger partial charge >= 0.3 is 0 Å². The number of carbonyl (C=O) groups excluding carboxylic acids is 1. The van der Waals surface area contributed by atoms with Crippen molar-refractivity contribution >= 4 is 15.9 Å². The van der Waals surface area contributed by atoms with Crippen molar-refractivity contribution in [1.82, 2.24) is 19.3 Å². The topological polar surface area (TPSA) is 96.6 Å². The van der Waals surface area contributed by atoms with E-state index in [0.717, 1.165) is 0 Å². The number of amides is 1. The molecule has 2 atom stereocenters. The fourth-order valence-corrected chi connectivity index (χ4v) is 4.95. The monoisotopic (exact) mass is 356 g/mol. The Bertz CT molecular complexity index is 744. The summed E-state index contributed by atoms with van der Waals surface area (Å²) in [5, 5.41) is 3.87. The molecule has 3 rings (SSSR count). The minimum atomic E-state index is -3.29. The van der Waals surface area contributed by atoms with Gasteiger partial charge in [-0.05, 0) is 13.8 Å². The second-order valence-corrected chi connectivity index (χ2v) is 9.32. The number of sulfonamides is 1. The molecule has 24 heavy (non-hydrogen) atoms. The zero-order valence-electron chi connectivity index (χ0n) is 14.5. The molecule has 0 saturated carbocycles. The molecule has 8 nitrogen and oxygen atoms in total. The number of carbonyl (C=O) groups is 1. The lowest BCUT2D eigenvalue weighted by atomic mass is 9.81. The van der Waals surface area contributed by atoms with Crippen molar-refractivity contribution < 1.29 is 17.7 Å². The fourth-order valence-electron chi connectivity index (χ4n) is 3.75. The lowest BCUT2D eigenvalue weighted by Gasteiger charge is -2.26. The highest BCUT2D eigenvalue weighted by molar-refractivity contribution is 7.89. The maximum Gasteiger partial charge on any atom is 0.236 e. The molecular weight excluding hydrogens is 332 g/mol. The normalized spacial score (nSPS) is 27.9. The lowest BCUT2D eigenvalue weighted by molar-refractivity contribution is -0.133. The third kappa shape index (κ3) is 2.63. The first-order valence-corrected chi connectivity index (χ1v) is 9.88. The summed E-state index contributed by atoms with van der Waals surface area (Å²) in [5.74, 6) is 0.973. The number of hydrogen-bond acceptors (Lipinski definition) is 6. The summed E-state index contributed by atoms with van der Waals surface area (Å²) in [6.45, 7) is 8.74. The van der Waals surface area contributed by atoms with Gasteiger partial charge in [0.05, 0.1) is 11.2 Å². The van der Waals surface area contributed by atoms with Gasteiger partial charge in [0, 0.05) is 38.0 Å². The fraction of sp³-hybridized carbons (Fsp3) is 0.800. The Kier molecular flexibility index (Phi) is 4.19. The van der Waals surface area contributed by atoms with Crippen LogP contribution in [0.4, 0.5) is 0 Å². The van der Waals surface area contributed by atoms with Crippen LogP contribution in [0.2, 0.25) is 0 Å². The van der Waals surface area contributed by atoms with E-state index >= 15 is 0 Å². The predicted octanol–water partition coefficient (Wildman–Crippen LogP) is 0.396. The summed E-state index contributed by atoms with van der Waals surface area (Å²) >= 11 is 0. The first-order valence-electron chi connectivity index (χ1n) is 8.27. The maximum absolute atomic E-state index is 12.4. The van der Waals surface area contributed by atoms with Crippen molar-refractivity contribution in [3.8, 4) is 0 Å². The Hall–Kier alpha value is -1.48. The Labute approximate surface area is 142 Å². The average Bonchev–Trinajstić information content (AvgIpc) is 3.18. The summed E-state index contributed by atoms with van der Waals surface area (Å²) in [6.07, 6.45) is 0. The van der Waals surface area contributed by atoms with Gasteiger partial charge < -0.3 is 9.42 Å². The molecule has 0 radical (unpaired) electrons. The lowest BCUT2D eigenvalue weighted by Crippen LogP contribution is -2.42. The van der Waals surface area contributed by atoms with E-state index < -0.39 is 15.4 Å². The van der Waals surface area contributed by atoms with Crippen LogP contribution in [0.25, 0.3) is 0 Å². The summed E-state index contributed by atoms with van der Waals surface area (Å²) in [6, 6.07) is 0. The van der Waals surface area contributed by atoms with Gasteiger partial charge in [-0.25, -0.2) is 12.7 Å². The number of aryl methyl sites for hydroxylation is 1. The third-order valence-corrected chi connectivity index (χ3v) is 6.89. The molecule has 2 fully saturated rings. The highest BCUT2D eigenvalue weighted by atomic mass is 32.2. The summed E-state index contributed by atoms with van der Waals surface area (Å²) in [4.78, 5) is 18.6. The maximum atomic E-state index is 12.4. The number of fused-ring (bicyclic) bond motifs is 1. The van der Waals surface area contributed by atoms with E-state index in [1.165, 1.54) is 4.31 Å². The molecule has 2 aliphatic heterocycles. The Morgan fingerprint density at radius 3 is 2.62 bits per heavy atom. The van der Waals surface area contributed by atoms with Crippen LogP contribution < -0.4 is 0 Å². The molecule has 0 spiro atoms. The van der Waals surface area contributed by atoms with Crippen LogP contribution in [0.3, 0.4) is 0 Å². The first kappa shape index (κ1) is 17.3. The van der Waals surface area contributed by atoms with Crippen molar-refractivity contribution in [2.24, 2.45) is 11.8 Å². The molecule has 134 valence electrons. The van der Waals surface area contributed by atoms with Gasteiger partial charge in [-0.2, -0.15) is 4.98 Å². The second-order valence-electron chi connectivity index (χ2n) is 7.07. The molecule has 2 unspecified atom stereocenters. The SMILES string of the molecule is CCS(=O)(=O)N1CC2CN(C(=O)C(C)C)CC2(c2nc(C)no2)C1. The van der Waals surface area contributed by atoms with Gasteiger partial charge in [-0.15, -0.1) is 0 Å². The van der Waals surface area contributed by atoms with Crippen LogP contribution in [-0.4, -0.2) is 65.6 Å². The van der Waals surface area contributed by atoms with Gasteiger partial charge in [0.2, 0.25) is 21.8 Å². The molecule has 0 N–H and O–H groups in total. The highest BCUT2D eigenvalue weighted by Crippen LogP contribution is 2.45. The van der Waals surface area contributed by atoms with E-state index in [4.69, 9.17) is 4.52 Å². The van der Waals surface area contributed by atoms with Gasteiger partial charge in [-0.1, -0.05) is 19.0 Å². The van der Waals surface area contributed by atoms with Crippen LogP contribution in [0.15, 0.2) is 4.52 Å². The molecule has 0 aromatic carbocycles. The molecule has 1 aromatic rings. The van der Waals surface area contributed by atoms with E-state index in [1.807, 2.05) is 18.7 Å². The molecule has 0 bridgehead atoms. The van der Waals surface area contributed by atoms with Crippen molar-refractivity contribution in [2.45, 2.75) is 33.1 Å². The molecule has 2 saturated heterocycles. The summed E-state index contributed by atoms with van der Waals surface area (Å²) < 4.78 is 31.6. The van der Waals surface area contributed by atoms with Crippen LogP contribution in [0.5, 0.6) is 0 Å². The van der Waals surface area contributed by atoms with Crippen molar-refractivity contribution in [3.05, 3.63) is 11.7 Å². The zero-order valence-corrected chi connectivity index (χ0v) is 15.3. The van der Waals surface area contributed by atoms with Gasteiger partial charge in [0.1, 0.15) is 0 Å². The number of nitrogens with zero attached hydrogens (tertiary/aromatic N) is 4. The molecule has 2 aliphatic rings. The predicted molar refractivity (Wildman–Crippen MR) is 86.7 cm³/mol. The third-order valence-electron chi connectivity index (χ3n) is 5.10. The van der Waals surface area contributed by atoms with Crippen molar-refractivity contribution in [3.63, 3.8) is 0 Å². The van der Waals surface area contributed by atoms with Crippen LogP contribution in [0.1, 0.15) is 32.5 Å². The van der Waals surface area contributed by atoms with Crippen LogP contribution >= 0.6 is 0 Å². The number of hydrogen-bond donors (Lipinski definition) is 0. The van der Waals surface area contributed by atoms with Crippen LogP contribution in [0, 0.1) is 18.8 Å².